The third-order valence-electron chi connectivity index (χ3n) is 5.65. The third kappa shape index (κ3) is 4.28. The van der Waals surface area contributed by atoms with E-state index in [1.807, 2.05) is 18.3 Å². The van der Waals surface area contributed by atoms with Crippen molar-refractivity contribution in [2.75, 3.05) is 18.5 Å². The highest BCUT2D eigenvalue weighted by Crippen LogP contribution is 2.32. The van der Waals surface area contributed by atoms with Crippen molar-refractivity contribution in [3.8, 4) is 5.88 Å². The fraction of sp³-hybridized carbons (Fsp3) is 0.391. The normalized spacial score (nSPS) is 22.3. The highest BCUT2D eigenvalue weighted by Gasteiger charge is 2.24. The van der Waals surface area contributed by atoms with E-state index in [-0.39, 0.29) is 6.10 Å². The summed E-state index contributed by atoms with van der Waals surface area (Å²) in [5, 5.41) is 4.65. The van der Waals surface area contributed by atoms with Crippen molar-refractivity contribution in [1.82, 2.24) is 9.97 Å². The Morgan fingerprint density at radius 2 is 1.97 bits per heavy atom. The van der Waals surface area contributed by atoms with Crippen molar-refractivity contribution in [3.05, 3.63) is 54.2 Å². The molecule has 3 heterocycles. The van der Waals surface area contributed by atoms with Gasteiger partial charge in [0.05, 0.1) is 23.4 Å². The molecule has 1 saturated carbocycles. The number of fused-ring (bicyclic) bond motifs is 1. The van der Waals surface area contributed by atoms with Gasteiger partial charge in [0.25, 0.3) is 0 Å². The molecule has 0 spiro atoms. The molecule has 6 heteroatoms. The molecule has 1 aliphatic carbocycles. The monoisotopic (exact) mass is 407 g/mol. The Morgan fingerprint density at radius 1 is 1.07 bits per heavy atom. The van der Waals surface area contributed by atoms with Crippen LogP contribution < -0.4 is 10.1 Å². The Labute approximate surface area is 174 Å². The topological polar surface area (TPSA) is 56.3 Å². The van der Waals surface area contributed by atoms with Gasteiger partial charge in [0.1, 0.15) is 6.10 Å². The van der Waals surface area contributed by atoms with Crippen LogP contribution in [0.15, 0.2) is 48.7 Å². The van der Waals surface area contributed by atoms with Gasteiger partial charge in [0, 0.05) is 17.8 Å². The van der Waals surface area contributed by atoms with Gasteiger partial charge in [-0.2, -0.15) is 0 Å². The van der Waals surface area contributed by atoms with E-state index in [4.69, 9.17) is 14.5 Å². The van der Waals surface area contributed by atoms with Gasteiger partial charge in [0.15, 0.2) is 5.13 Å². The molecule has 0 atom stereocenters. The van der Waals surface area contributed by atoms with E-state index < -0.39 is 0 Å². The average molecular weight is 408 g/mol. The van der Waals surface area contributed by atoms with Crippen molar-refractivity contribution < 1.29 is 9.47 Å². The summed E-state index contributed by atoms with van der Waals surface area (Å²) in [5.74, 6) is 0.767. The molecule has 150 valence electrons. The lowest BCUT2D eigenvalue weighted by Crippen LogP contribution is -2.31. The van der Waals surface area contributed by atoms with Crippen molar-refractivity contribution in [1.29, 1.82) is 0 Å². The molecule has 0 unspecified atom stereocenters. The van der Waals surface area contributed by atoms with Gasteiger partial charge in [-0.15, -0.1) is 0 Å². The fourth-order valence-corrected chi connectivity index (χ4v) is 5.03. The zero-order valence-electron chi connectivity index (χ0n) is 16.3. The first-order chi connectivity index (χ1) is 14.3. The zero-order chi connectivity index (χ0) is 19.5. The first-order valence-electron chi connectivity index (χ1n) is 10.4. The predicted molar refractivity (Wildman–Crippen MR) is 118 cm³/mol. The Bertz CT molecular complexity index is 975. The van der Waals surface area contributed by atoms with Gasteiger partial charge in [-0.1, -0.05) is 29.5 Å². The van der Waals surface area contributed by atoms with Gasteiger partial charge >= 0.3 is 0 Å². The Morgan fingerprint density at radius 3 is 2.79 bits per heavy atom. The van der Waals surface area contributed by atoms with Gasteiger partial charge in [-0.25, -0.2) is 9.97 Å². The number of aromatic nitrogens is 2. The zero-order valence-corrected chi connectivity index (χ0v) is 17.2. The lowest BCUT2D eigenvalue weighted by atomic mass is 9.93. The van der Waals surface area contributed by atoms with E-state index in [1.54, 1.807) is 11.3 Å². The summed E-state index contributed by atoms with van der Waals surface area (Å²) in [6, 6.07) is 12.8. The maximum atomic E-state index is 6.35. The molecule has 29 heavy (non-hydrogen) atoms. The van der Waals surface area contributed by atoms with Gasteiger partial charge < -0.3 is 14.8 Å². The molecule has 3 aromatic rings. The van der Waals surface area contributed by atoms with E-state index in [0.29, 0.717) is 12.6 Å². The number of hydrogen-bond acceptors (Lipinski definition) is 6. The molecular weight excluding hydrogens is 382 g/mol. The molecule has 1 fully saturated rings. The molecule has 1 aliphatic heterocycles. The van der Waals surface area contributed by atoms with Crippen LogP contribution in [0, 0.1) is 0 Å². The van der Waals surface area contributed by atoms with Crippen molar-refractivity contribution in [3.63, 3.8) is 0 Å². The summed E-state index contributed by atoms with van der Waals surface area (Å²) in [6.07, 6.45) is 9.32. The highest BCUT2D eigenvalue weighted by atomic mass is 32.1. The molecule has 0 saturated heterocycles. The van der Waals surface area contributed by atoms with Gasteiger partial charge in [-0.05, 0) is 61.9 Å². The van der Waals surface area contributed by atoms with Crippen LogP contribution in [0.25, 0.3) is 15.8 Å². The van der Waals surface area contributed by atoms with E-state index in [2.05, 4.69) is 40.6 Å². The molecular formula is C23H25N3O2S. The molecule has 1 N–H and O–H groups in total. The second-order valence-corrected chi connectivity index (χ2v) is 8.66. The number of pyridine rings is 1. The van der Waals surface area contributed by atoms with Crippen LogP contribution in [0.3, 0.4) is 0 Å². The van der Waals surface area contributed by atoms with Crippen molar-refractivity contribution >= 4 is 32.3 Å². The Balaban J connectivity index is 1.20. The summed E-state index contributed by atoms with van der Waals surface area (Å²) in [5.41, 5.74) is 3.47. The number of nitrogens with zero attached hydrogens (tertiary/aromatic N) is 2. The number of ether oxygens (including phenoxy) is 2. The smallest absolute Gasteiger partial charge is 0.221 e. The molecule has 1 aromatic carbocycles. The average Bonchev–Trinajstić information content (AvgIpc) is 3.18. The fourth-order valence-electron chi connectivity index (χ4n) is 4.09. The first kappa shape index (κ1) is 18.6. The largest absolute Gasteiger partial charge is 0.474 e. The molecule has 0 amide bonds. The summed E-state index contributed by atoms with van der Waals surface area (Å²) in [4.78, 5) is 9.24. The second-order valence-electron chi connectivity index (χ2n) is 7.63. The summed E-state index contributed by atoms with van der Waals surface area (Å²) < 4.78 is 13.0. The lowest BCUT2D eigenvalue weighted by Gasteiger charge is -2.29. The second kappa shape index (κ2) is 8.51. The lowest BCUT2D eigenvalue weighted by molar-refractivity contribution is 0.143. The van der Waals surface area contributed by atoms with E-state index >= 15 is 0 Å². The summed E-state index contributed by atoms with van der Waals surface area (Å²) >= 11 is 1.73. The van der Waals surface area contributed by atoms with E-state index in [9.17, 15) is 0 Å². The van der Waals surface area contributed by atoms with Crippen LogP contribution >= 0.6 is 11.3 Å². The minimum atomic E-state index is 0.220. The van der Waals surface area contributed by atoms with Crippen molar-refractivity contribution in [2.45, 2.75) is 44.2 Å². The quantitative estimate of drug-likeness (QED) is 0.622. The molecule has 2 aliphatic rings. The standard InChI is InChI=1S/C23H25N3O2S/c1-2-6-21-20(5-1)26-23(29-21)25-17-7-9-18(10-8-17)28-22-19(4-3-13-24-22)16-11-14-27-15-12-16/h1-6,11,13,17-18H,7-10,12,14-15H2,(H,25,26)/t17-,18-. The maximum Gasteiger partial charge on any atom is 0.221 e. The van der Waals surface area contributed by atoms with Crippen LogP contribution in [-0.2, 0) is 4.74 Å². The number of para-hydroxylation sites is 1. The number of anilines is 1. The molecule has 0 radical (unpaired) electrons. The number of nitrogens with one attached hydrogen (secondary N) is 1. The minimum Gasteiger partial charge on any atom is -0.474 e. The molecule has 0 bridgehead atoms. The Kier molecular flexibility index (Phi) is 5.45. The third-order valence-corrected chi connectivity index (χ3v) is 6.62. The number of rotatable bonds is 5. The van der Waals surface area contributed by atoms with Crippen LogP contribution in [-0.4, -0.2) is 35.3 Å². The SMILES string of the molecule is C1=C(c2cccnc2O[C@H]2CC[C@H](Nc3nc4ccccc4s3)CC2)CCOC1. The number of benzene rings is 1. The maximum absolute atomic E-state index is 6.35. The van der Waals surface area contributed by atoms with Crippen LogP contribution in [0.2, 0.25) is 0 Å². The van der Waals surface area contributed by atoms with E-state index in [0.717, 1.165) is 60.8 Å². The Hall–Kier alpha value is -2.44. The molecule has 5 nitrogen and oxygen atoms in total. The van der Waals surface area contributed by atoms with Crippen LogP contribution in [0.5, 0.6) is 5.88 Å². The highest BCUT2D eigenvalue weighted by molar-refractivity contribution is 7.22. The van der Waals surface area contributed by atoms with Gasteiger partial charge in [-0.3, -0.25) is 0 Å². The molecule has 5 rings (SSSR count). The first-order valence-corrected chi connectivity index (χ1v) is 11.2. The minimum absolute atomic E-state index is 0.220. The van der Waals surface area contributed by atoms with E-state index in [1.165, 1.54) is 10.3 Å². The summed E-state index contributed by atoms with van der Waals surface area (Å²) in [7, 11) is 0. The number of thiazole rings is 1. The predicted octanol–water partition coefficient (Wildman–Crippen LogP) is 5.30. The van der Waals surface area contributed by atoms with Crippen LogP contribution in [0.4, 0.5) is 5.13 Å². The van der Waals surface area contributed by atoms with Crippen molar-refractivity contribution in [2.24, 2.45) is 0 Å². The number of hydrogen-bond donors (Lipinski definition) is 1. The molecule has 2 aromatic heterocycles. The van der Waals surface area contributed by atoms with Crippen LogP contribution in [0.1, 0.15) is 37.7 Å². The van der Waals surface area contributed by atoms with Gasteiger partial charge in [0.2, 0.25) is 5.88 Å². The summed E-state index contributed by atoms with van der Waals surface area (Å²) in [6.45, 7) is 1.44.